The monoisotopic (exact) mass is 318 g/mol. The lowest BCUT2D eigenvalue weighted by Gasteiger charge is -2.28. The van der Waals surface area contributed by atoms with Crippen LogP contribution in [0.1, 0.15) is 35.8 Å². The van der Waals surface area contributed by atoms with Crippen LogP contribution in [0.4, 0.5) is 4.39 Å². The van der Waals surface area contributed by atoms with E-state index in [0.29, 0.717) is 5.56 Å². The van der Waals surface area contributed by atoms with Crippen molar-refractivity contribution in [2.24, 2.45) is 0 Å². The molecule has 2 atom stereocenters. The third kappa shape index (κ3) is 3.97. The molecule has 2 aromatic rings. The maximum atomic E-state index is 13.0. The van der Waals surface area contributed by atoms with Crippen molar-refractivity contribution in [3.8, 4) is 0 Å². The van der Waals surface area contributed by atoms with E-state index in [4.69, 9.17) is 4.42 Å². The van der Waals surface area contributed by atoms with E-state index in [9.17, 15) is 14.0 Å². The molecular weight excluding hydrogens is 299 g/mol. The van der Waals surface area contributed by atoms with Crippen LogP contribution in [0.25, 0.3) is 0 Å². The topological polar surface area (TPSA) is 62.6 Å². The van der Waals surface area contributed by atoms with E-state index < -0.39 is 6.04 Å². The van der Waals surface area contributed by atoms with E-state index in [1.165, 1.54) is 35.6 Å². The summed E-state index contributed by atoms with van der Waals surface area (Å²) in [6.07, 6.45) is 2.71. The fourth-order valence-corrected chi connectivity index (χ4v) is 2.20. The second-order valence-corrected chi connectivity index (χ2v) is 5.38. The van der Waals surface area contributed by atoms with Crippen molar-refractivity contribution in [2.45, 2.75) is 25.9 Å². The van der Waals surface area contributed by atoms with Crippen LogP contribution in [0, 0.1) is 5.82 Å². The molecule has 0 saturated carbocycles. The highest BCUT2D eigenvalue weighted by atomic mass is 19.1. The van der Waals surface area contributed by atoms with Crippen molar-refractivity contribution in [3.63, 3.8) is 0 Å². The molecule has 0 aliphatic rings. The number of nitrogens with one attached hydrogen (secondary N) is 1. The molecule has 0 bridgehead atoms. The Hall–Kier alpha value is -2.63. The Kier molecular flexibility index (Phi) is 5.16. The van der Waals surface area contributed by atoms with Crippen LogP contribution < -0.4 is 5.32 Å². The minimum Gasteiger partial charge on any atom is -0.472 e. The highest BCUT2D eigenvalue weighted by Gasteiger charge is 2.24. The van der Waals surface area contributed by atoms with E-state index in [-0.39, 0.29) is 23.7 Å². The number of carbonyl (C=O) groups is 2. The molecule has 5 nitrogen and oxygen atoms in total. The van der Waals surface area contributed by atoms with Crippen molar-refractivity contribution in [1.29, 1.82) is 0 Å². The predicted octanol–water partition coefficient (Wildman–Crippen LogP) is 2.76. The predicted molar refractivity (Wildman–Crippen MR) is 83.2 cm³/mol. The molecule has 1 heterocycles. The lowest BCUT2D eigenvalue weighted by molar-refractivity contribution is -0.133. The van der Waals surface area contributed by atoms with Crippen LogP contribution >= 0.6 is 0 Å². The number of benzene rings is 1. The van der Waals surface area contributed by atoms with Crippen LogP contribution in [0.3, 0.4) is 0 Å². The third-order valence-electron chi connectivity index (χ3n) is 3.78. The molecule has 0 spiro atoms. The third-order valence-corrected chi connectivity index (χ3v) is 3.78. The summed E-state index contributed by atoms with van der Waals surface area (Å²) >= 11 is 0. The molecule has 0 saturated heterocycles. The second-order valence-electron chi connectivity index (χ2n) is 5.38. The summed E-state index contributed by atoms with van der Waals surface area (Å²) in [5.74, 6) is -0.934. The molecule has 1 aromatic heterocycles. The molecule has 23 heavy (non-hydrogen) atoms. The Morgan fingerprint density at radius 2 is 1.83 bits per heavy atom. The lowest BCUT2D eigenvalue weighted by atomic mass is 10.1. The van der Waals surface area contributed by atoms with E-state index in [1.54, 1.807) is 26.1 Å². The fourth-order valence-electron chi connectivity index (χ4n) is 2.20. The summed E-state index contributed by atoms with van der Waals surface area (Å²) < 4.78 is 17.8. The zero-order chi connectivity index (χ0) is 17.0. The van der Waals surface area contributed by atoms with Crippen molar-refractivity contribution in [3.05, 3.63) is 59.8 Å². The zero-order valence-electron chi connectivity index (χ0n) is 13.2. The molecule has 2 amide bonds. The number of halogens is 1. The molecule has 0 unspecified atom stereocenters. The Bertz CT molecular complexity index is 668. The Labute approximate surface area is 134 Å². The molecular formula is C17H19FN2O3. The average molecular weight is 318 g/mol. The summed E-state index contributed by atoms with van der Waals surface area (Å²) in [5.41, 5.74) is 1.18. The minimum absolute atomic E-state index is 0.237. The minimum atomic E-state index is -0.690. The normalized spacial score (nSPS) is 13.2. The standard InChI is InChI=1S/C17H19FN2O3/c1-11(19-16(21)14-8-9-23-10-14)17(22)20(3)12(2)13-4-6-15(18)7-5-13/h4-12H,1-3H3,(H,19,21)/t11-,12-/m1/s1. The molecule has 0 aliphatic heterocycles. The zero-order valence-corrected chi connectivity index (χ0v) is 13.2. The van der Waals surface area contributed by atoms with Gasteiger partial charge in [-0.05, 0) is 37.6 Å². The molecule has 122 valence electrons. The summed E-state index contributed by atoms with van der Waals surface area (Å²) in [7, 11) is 1.65. The van der Waals surface area contributed by atoms with Gasteiger partial charge in [-0.15, -0.1) is 0 Å². The SMILES string of the molecule is C[C@H](c1ccc(F)cc1)N(C)C(=O)[C@@H](C)NC(=O)c1ccoc1. The number of furan rings is 1. The Morgan fingerprint density at radius 3 is 2.39 bits per heavy atom. The van der Waals surface area contributed by atoms with E-state index in [2.05, 4.69) is 5.32 Å². The van der Waals surface area contributed by atoms with Gasteiger partial charge >= 0.3 is 0 Å². The first-order chi connectivity index (χ1) is 10.9. The number of hydrogen-bond donors (Lipinski definition) is 1. The maximum Gasteiger partial charge on any atom is 0.255 e. The summed E-state index contributed by atoms with van der Waals surface area (Å²) in [4.78, 5) is 25.9. The lowest BCUT2D eigenvalue weighted by Crippen LogP contribution is -2.46. The second kappa shape index (κ2) is 7.09. The van der Waals surface area contributed by atoms with Gasteiger partial charge in [-0.3, -0.25) is 9.59 Å². The summed E-state index contributed by atoms with van der Waals surface area (Å²) in [6, 6.07) is 6.58. The smallest absolute Gasteiger partial charge is 0.255 e. The number of hydrogen-bond acceptors (Lipinski definition) is 3. The largest absolute Gasteiger partial charge is 0.472 e. The molecule has 6 heteroatoms. The molecule has 0 fully saturated rings. The van der Waals surface area contributed by atoms with Crippen LogP contribution in [-0.2, 0) is 4.79 Å². The van der Waals surface area contributed by atoms with Crippen molar-refractivity contribution in [1.82, 2.24) is 10.2 Å². The number of amides is 2. The Morgan fingerprint density at radius 1 is 1.17 bits per heavy atom. The van der Waals surface area contributed by atoms with Gasteiger partial charge < -0.3 is 14.6 Å². The van der Waals surface area contributed by atoms with Gasteiger partial charge in [0.25, 0.3) is 5.91 Å². The fraction of sp³-hybridized carbons (Fsp3) is 0.294. The first-order valence-electron chi connectivity index (χ1n) is 7.25. The van der Waals surface area contributed by atoms with Gasteiger partial charge in [0.05, 0.1) is 17.9 Å². The number of likely N-dealkylation sites (N-methyl/N-ethyl adjacent to an activating group) is 1. The van der Waals surface area contributed by atoms with Crippen molar-refractivity contribution < 1.29 is 18.4 Å². The first-order valence-corrected chi connectivity index (χ1v) is 7.25. The summed E-state index contributed by atoms with van der Waals surface area (Å²) in [5, 5.41) is 2.63. The van der Waals surface area contributed by atoms with Crippen molar-refractivity contribution in [2.75, 3.05) is 7.05 Å². The van der Waals surface area contributed by atoms with Crippen LogP contribution in [0.15, 0.2) is 47.3 Å². The molecule has 2 rings (SSSR count). The quantitative estimate of drug-likeness (QED) is 0.922. The van der Waals surface area contributed by atoms with Crippen LogP contribution in [0.5, 0.6) is 0 Å². The number of carbonyl (C=O) groups excluding carboxylic acids is 2. The average Bonchev–Trinajstić information content (AvgIpc) is 3.08. The number of nitrogens with zero attached hydrogens (tertiary/aromatic N) is 1. The Balaban J connectivity index is 2.00. The van der Waals surface area contributed by atoms with E-state index in [0.717, 1.165) is 5.56 Å². The van der Waals surface area contributed by atoms with E-state index in [1.807, 2.05) is 6.92 Å². The van der Waals surface area contributed by atoms with Gasteiger partial charge in [0.15, 0.2) is 0 Å². The summed E-state index contributed by atoms with van der Waals surface area (Å²) in [6.45, 7) is 3.46. The maximum absolute atomic E-state index is 13.0. The molecule has 0 aliphatic carbocycles. The molecule has 1 aromatic carbocycles. The van der Waals surface area contributed by atoms with Crippen LogP contribution in [0.2, 0.25) is 0 Å². The molecule has 0 radical (unpaired) electrons. The number of rotatable bonds is 5. The molecule has 1 N–H and O–H groups in total. The van der Waals surface area contributed by atoms with Gasteiger partial charge in [-0.25, -0.2) is 4.39 Å². The highest BCUT2D eigenvalue weighted by Crippen LogP contribution is 2.19. The van der Waals surface area contributed by atoms with Gasteiger partial charge in [0.1, 0.15) is 18.1 Å². The highest BCUT2D eigenvalue weighted by molar-refractivity contribution is 5.97. The van der Waals surface area contributed by atoms with Gasteiger partial charge in [0, 0.05) is 7.05 Å². The van der Waals surface area contributed by atoms with Gasteiger partial charge in [0.2, 0.25) is 5.91 Å². The van der Waals surface area contributed by atoms with Gasteiger partial charge in [-0.2, -0.15) is 0 Å². The van der Waals surface area contributed by atoms with E-state index >= 15 is 0 Å². The first kappa shape index (κ1) is 16.7. The van der Waals surface area contributed by atoms with Crippen LogP contribution in [-0.4, -0.2) is 29.8 Å². The van der Waals surface area contributed by atoms with Gasteiger partial charge in [-0.1, -0.05) is 12.1 Å². The van der Waals surface area contributed by atoms with Crippen molar-refractivity contribution >= 4 is 11.8 Å².